The summed E-state index contributed by atoms with van der Waals surface area (Å²) in [7, 11) is 0. The summed E-state index contributed by atoms with van der Waals surface area (Å²) in [6, 6.07) is 0. The van der Waals surface area contributed by atoms with Crippen molar-refractivity contribution in [3.05, 3.63) is 12.2 Å². The van der Waals surface area contributed by atoms with Crippen molar-refractivity contribution >= 4 is 23.0 Å². The lowest BCUT2D eigenvalue weighted by molar-refractivity contribution is -0.145. The SMILES string of the molecule is Br.C=C(C)C(=O)OC(C)NC(C)(C)CCCCCCCCC. The van der Waals surface area contributed by atoms with E-state index in [0.29, 0.717) is 5.57 Å². The molecule has 0 aliphatic heterocycles. The Morgan fingerprint density at radius 3 is 2.14 bits per heavy atom. The minimum atomic E-state index is -0.332. The second-order valence-electron chi connectivity index (χ2n) is 6.73. The van der Waals surface area contributed by atoms with Gasteiger partial charge in [0.2, 0.25) is 0 Å². The Balaban J connectivity index is 0. The average Bonchev–Trinajstić information content (AvgIpc) is 2.36. The van der Waals surface area contributed by atoms with Gasteiger partial charge >= 0.3 is 5.97 Å². The first-order valence-electron chi connectivity index (χ1n) is 8.42. The van der Waals surface area contributed by atoms with Crippen LogP contribution in [0.5, 0.6) is 0 Å². The molecule has 0 rings (SSSR count). The zero-order chi connectivity index (χ0) is 16.3. The number of halogens is 1. The van der Waals surface area contributed by atoms with Crippen LogP contribution in [0, 0.1) is 0 Å². The number of esters is 1. The van der Waals surface area contributed by atoms with Crippen LogP contribution in [0.4, 0.5) is 0 Å². The maximum absolute atomic E-state index is 11.5. The van der Waals surface area contributed by atoms with Crippen LogP contribution in [0.2, 0.25) is 0 Å². The maximum atomic E-state index is 11.5. The third-order valence-corrected chi connectivity index (χ3v) is 3.63. The molecule has 0 radical (unpaired) electrons. The van der Waals surface area contributed by atoms with E-state index in [2.05, 4.69) is 32.7 Å². The monoisotopic (exact) mass is 377 g/mol. The summed E-state index contributed by atoms with van der Waals surface area (Å²) in [5.74, 6) is -0.332. The zero-order valence-corrected chi connectivity index (χ0v) is 16.9. The lowest BCUT2D eigenvalue weighted by atomic mass is 9.96. The van der Waals surface area contributed by atoms with E-state index in [9.17, 15) is 4.79 Å². The van der Waals surface area contributed by atoms with Crippen molar-refractivity contribution in [1.29, 1.82) is 0 Å². The van der Waals surface area contributed by atoms with Crippen LogP contribution >= 0.6 is 17.0 Å². The molecule has 1 atom stereocenters. The van der Waals surface area contributed by atoms with E-state index in [1.807, 2.05) is 6.92 Å². The van der Waals surface area contributed by atoms with Gasteiger partial charge in [-0.05, 0) is 34.1 Å². The third-order valence-electron chi connectivity index (χ3n) is 3.63. The van der Waals surface area contributed by atoms with Gasteiger partial charge in [-0.2, -0.15) is 0 Å². The average molecular weight is 378 g/mol. The largest absolute Gasteiger partial charge is 0.444 e. The van der Waals surface area contributed by atoms with Gasteiger partial charge in [0.15, 0.2) is 6.23 Å². The van der Waals surface area contributed by atoms with Crippen molar-refractivity contribution in [1.82, 2.24) is 5.32 Å². The van der Waals surface area contributed by atoms with Gasteiger partial charge in [0.25, 0.3) is 0 Å². The molecule has 3 nitrogen and oxygen atoms in total. The van der Waals surface area contributed by atoms with Crippen molar-refractivity contribution in [2.75, 3.05) is 0 Å². The molecule has 0 bridgehead atoms. The predicted octanol–water partition coefficient (Wildman–Crippen LogP) is 5.54. The molecule has 0 spiro atoms. The number of hydrogen-bond acceptors (Lipinski definition) is 3. The smallest absolute Gasteiger partial charge is 0.334 e. The Hall–Kier alpha value is -0.350. The van der Waals surface area contributed by atoms with Gasteiger partial charge in [0.05, 0.1) is 0 Å². The highest BCUT2D eigenvalue weighted by molar-refractivity contribution is 8.93. The van der Waals surface area contributed by atoms with Crippen molar-refractivity contribution in [3.63, 3.8) is 0 Å². The van der Waals surface area contributed by atoms with Crippen molar-refractivity contribution in [3.8, 4) is 0 Å². The highest BCUT2D eigenvalue weighted by Crippen LogP contribution is 2.17. The lowest BCUT2D eigenvalue weighted by Crippen LogP contribution is -2.46. The molecule has 0 aromatic carbocycles. The summed E-state index contributed by atoms with van der Waals surface area (Å²) in [5.41, 5.74) is 0.423. The molecule has 1 unspecified atom stereocenters. The molecule has 0 saturated carbocycles. The first-order chi connectivity index (χ1) is 9.78. The van der Waals surface area contributed by atoms with Crippen LogP contribution in [0.25, 0.3) is 0 Å². The molecule has 0 heterocycles. The maximum Gasteiger partial charge on any atom is 0.334 e. The quantitative estimate of drug-likeness (QED) is 0.210. The summed E-state index contributed by atoms with van der Waals surface area (Å²) < 4.78 is 5.27. The van der Waals surface area contributed by atoms with E-state index in [4.69, 9.17) is 4.74 Å². The minimum Gasteiger partial charge on any atom is -0.444 e. The van der Waals surface area contributed by atoms with Crippen molar-refractivity contribution < 1.29 is 9.53 Å². The molecule has 0 aliphatic carbocycles. The number of nitrogens with one attached hydrogen (secondary N) is 1. The van der Waals surface area contributed by atoms with Gasteiger partial charge in [0.1, 0.15) is 0 Å². The first kappa shape index (κ1) is 23.9. The molecular formula is C18H36BrNO2. The Labute approximate surface area is 148 Å². The van der Waals surface area contributed by atoms with Gasteiger partial charge in [-0.3, -0.25) is 5.32 Å². The fourth-order valence-electron chi connectivity index (χ4n) is 2.44. The van der Waals surface area contributed by atoms with Crippen molar-refractivity contribution in [2.24, 2.45) is 0 Å². The Kier molecular flexibility index (Phi) is 14.3. The summed E-state index contributed by atoms with van der Waals surface area (Å²) in [5, 5.41) is 3.37. The van der Waals surface area contributed by atoms with E-state index in [0.717, 1.165) is 6.42 Å². The topological polar surface area (TPSA) is 38.3 Å². The minimum absolute atomic E-state index is 0. The number of carbonyl (C=O) groups excluding carboxylic acids is 1. The van der Waals surface area contributed by atoms with E-state index in [-0.39, 0.29) is 34.7 Å². The Morgan fingerprint density at radius 2 is 1.64 bits per heavy atom. The van der Waals surface area contributed by atoms with E-state index in [1.54, 1.807) is 6.92 Å². The first-order valence-corrected chi connectivity index (χ1v) is 8.42. The molecule has 0 aliphatic rings. The van der Waals surface area contributed by atoms with E-state index in [1.165, 1.54) is 44.9 Å². The molecule has 132 valence electrons. The number of ether oxygens (including phenoxy) is 1. The van der Waals surface area contributed by atoms with Gasteiger partial charge in [-0.25, -0.2) is 4.79 Å². The van der Waals surface area contributed by atoms with Gasteiger partial charge in [-0.15, -0.1) is 17.0 Å². The number of hydrogen-bond donors (Lipinski definition) is 1. The predicted molar refractivity (Wildman–Crippen MR) is 101 cm³/mol. The molecular weight excluding hydrogens is 342 g/mol. The molecule has 0 aromatic rings. The normalized spacial score (nSPS) is 12.4. The second kappa shape index (κ2) is 13.1. The second-order valence-corrected chi connectivity index (χ2v) is 6.73. The fraction of sp³-hybridized carbons (Fsp3) is 0.833. The Bertz CT molecular complexity index is 316. The molecule has 0 aromatic heterocycles. The highest BCUT2D eigenvalue weighted by Gasteiger charge is 2.21. The standard InChI is InChI=1S/C18H35NO2.BrH/c1-7-8-9-10-11-12-13-14-18(5,6)19-16(4)21-17(20)15(2)3;/h16,19H,2,7-14H2,1,3-6H3;1H. The van der Waals surface area contributed by atoms with Gasteiger partial charge in [0, 0.05) is 11.1 Å². The Morgan fingerprint density at radius 1 is 1.14 bits per heavy atom. The summed E-state index contributed by atoms with van der Waals surface area (Å²) in [4.78, 5) is 11.5. The summed E-state index contributed by atoms with van der Waals surface area (Å²) in [6.07, 6.45) is 10.0. The molecule has 1 N–H and O–H groups in total. The lowest BCUT2D eigenvalue weighted by Gasteiger charge is -2.30. The van der Waals surface area contributed by atoms with Crippen LogP contribution in [0.3, 0.4) is 0 Å². The fourth-order valence-corrected chi connectivity index (χ4v) is 2.44. The third kappa shape index (κ3) is 13.3. The molecule has 0 fully saturated rings. The summed E-state index contributed by atoms with van der Waals surface area (Å²) in [6.45, 7) is 13.7. The van der Waals surface area contributed by atoms with Crippen molar-refractivity contribution in [2.45, 2.75) is 97.8 Å². The molecule has 4 heteroatoms. The molecule has 22 heavy (non-hydrogen) atoms. The molecule has 0 amide bonds. The number of rotatable bonds is 12. The van der Waals surface area contributed by atoms with Crippen LogP contribution in [0.1, 0.15) is 86.0 Å². The summed E-state index contributed by atoms with van der Waals surface area (Å²) >= 11 is 0. The van der Waals surface area contributed by atoms with Crippen LogP contribution in [-0.4, -0.2) is 17.7 Å². The molecule has 0 saturated heterocycles. The van der Waals surface area contributed by atoms with Gasteiger partial charge < -0.3 is 4.74 Å². The van der Waals surface area contributed by atoms with Crippen LogP contribution < -0.4 is 5.32 Å². The van der Waals surface area contributed by atoms with Crippen LogP contribution in [0.15, 0.2) is 12.2 Å². The number of unbranched alkanes of at least 4 members (excludes halogenated alkanes) is 6. The highest BCUT2D eigenvalue weighted by atomic mass is 79.9. The van der Waals surface area contributed by atoms with Crippen LogP contribution in [-0.2, 0) is 9.53 Å². The van der Waals surface area contributed by atoms with E-state index >= 15 is 0 Å². The number of carbonyl (C=O) groups is 1. The van der Waals surface area contributed by atoms with Gasteiger partial charge in [-0.1, -0.05) is 58.4 Å². The zero-order valence-electron chi connectivity index (χ0n) is 15.2. The van der Waals surface area contributed by atoms with E-state index < -0.39 is 0 Å².